The van der Waals surface area contributed by atoms with Crippen molar-refractivity contribution in [2.75, 3.05) is 11.1 Å². The van der Waals surface area contributed by atoms with Gasteiger partial charge >= 0.3 is 5.97 Å². The number of nitrogen functional groups attached to an aromatic ring is 1. The van der Waals surface area contributed by atoms with E-state index in [0.29, 0.717) is 5.02 Å². The monoisotopic (exact) mass is 308 g/mol. The number of halogens is 2. The molecule has 0 spiro atoms. The van der Waals surface area contributed by atoms with Gasteiger partial charge in [-0.15, -0.1) is 0 Å². The van der Waals surface area contributed by atoms with Gasteiger partial charge in [0, 0.05) is 11.1 Å². The van der Waals surface area contributed by atoms with E-state index < -0.39 is 11.8 Å². The molecule has 0 radical (unpaired) electrons. The maximum atomic E-state index is 13.4. The Kier molecular flexibility index (Phi) is 4.33. The van der Waals surface area contributed by atoms with Crippen LogP contribution < -0.4 is 11.1 Å². The third kappa shape index (κ3) is 3.25. The molecule has 2 rings (SSSR count). The van der Waals surface area contributed by atoms with E-state index in [9.17, 15) is 14.3 Å². The lowest BCUT2D eigenvalue weighted by Crippen LogP contribution is -2.13. The number of benzene rings is 2. The maximum Gasteiger partial charge on any atom is 0.340 e. The van der Waals surface area contributed by atoms with Crippen molar-refractivity contribution in [1.82, 2.24) is 0 Å². The van der Waals surface area contributed by atoms with E-state index in [1.54, 1.807) is 12.1 Å². The molecule has 4 N–H and O–H groups in total. The van der Waals surface area contributed by atoms with Gasteiger partial charge in [0.2, 0.25) is 0 Å². The van der Waals surface area contributed by atoms with E-state index >= 15 is 0 Å². The molecule has 0 heterocycles. The van der Waals surface area contributed by atoms with Crippen molar-refractivity contribution >= 4 is 28.9 Å². The highest BCUT2D eigenvalue weighted by Gasteiger charge is 2.19. The van der Waals surface area contributed by atoms with Gasteiger partial charge in [-0.05, 0) is 36.8 Å². The Bertz CT molecular complexity index is 674. The second-order valence-corrected chi connectivity index (χ2v) is 5.04. The molecule has 0 fully saturated rings. The molecule has 0 saturated heterocycles. The Hall–Kier alpha value is -2.27. The zero-order valence-corrected chi connectivity index (χ0v) is 12.0. The fourth-order valence-corrected chi connectivity index (χ4v) is 2.14. The average Bonchev–Trinajstić information content (AvgIpc) is 2.43. The largest absolute Gasteiger partial charge is 0.478 e. The third-order valence-electron chi connectivity index (χ3n) is 3.15. The molecule has 2 aromatic carbocycles. The molecule has 0 bridgehead atoms. The summed E-state index contributed by atoms with van der Waals surface area (Å²) in [5, 5.41) is 12.8. The number of carbonyl (C=O) groups is 1. The lowest BCUT2D eigenvalue weighted by Gasteiger charge is -2.18. The number of nitrogens with two attached hydrogens (primary N) is 1. The number of rotatable bonds is 4. The minimum absolute atomic E-state index is 0.190. The number of nitrogens with one attached hydrogen (secondary N) is 1. The number of anilines is 2. The molecule has 110 valence electrons. The van der Waals surface area contributed by atoms with Crippen molar-refractivity contribution in [2.24, 2.45) is 0 Å². The predicted octanol–water partition coefficient (Wildman–Crippen LogP) is 3.93. The van der Waals surface area contributed by atoms with Crippen LogP contribution in [0.5, 0.6) is 0 Å². The van der Waals surface area contributed by atoms with E-state index in [4.69, 9.17) is 17.3 Å². The normalized spacial score (nSPS) is 12.0. The van der Waals surface area contributed by atoms with Crippen LogP contribution in [0.3, 0.4) is 0 Å². The van der Waals surface area contributed by atoms with Crippen molar-refractivity contribution in [3.05, 3.63) is 58.4 Å². The molecule has 0 aliphatic rings. The van der Waals surface area contributed by atoms with Crippen molar-refractivity contribution in [2.45, 2.75) is 13.0 Å². The molecule has 21 heavy (non-hydrogen) atoms. The Balaban J connectivity index is 2.33. The van der Waals surface area contributed by atoms with Crippen LogP contribution in [0.4, 0.5) is 15.8 Å². The zero-order valence-electron chi connectivity index (χ0n) is 11.2. The fraction of sp³-hybridized carbons (Fsp3) is 0.133. The van der Waals surface area contributed by atoms with Crippen LogP contribution in [-0.4, -0.2) is 11.1 Å². The standard InChI is InChI=1S/C15H14ClFN2O2/c1-8(9-2-4-10(16)5-3-9)19-12-7-6-11(17)14(18)13(12)15(20)21/h2-8,19H,18H2,1H3,(H,20,21). The summed E-state index contributed by atoms with van der Waals surface area (Å²) < 4.78 is 13.4. The molecule has 1 unspecified atom stereocenters. The van der Waals surface area contributed by atoms with Crippen molar-refractivity contribution in [1.29, 1.82) is 0 Å². The van der Waals surface area contributed by atoms with Gasteiger partial charge < -0.3 is 16.2 Å². The van der Waals surface area contributed by atoms with Gasteiger partial charge in [0.05, 0.1) is 11.4 Å². The summed E-state index contributed by atoms with van der Waals surface area (Å²) in [6, 6.07) is 9.45. The minimum atomic E-state index is -1.28. The summed E-state index contributed by atoms with van der Waals surface area (Å²) in [6.45, 7) is 1.86. The summed E-state index contributed by atoms with van der Waals surface area (Å²) in [5.41, 5.74) is 6.04. The maximum absolute atomic E-state index is 13.4. The fourth-order valence-electron chi connectivity index (χ4n) is 2.01. The first-order valence-electron chi connectivity index (χ1n) is 6.23. The van der Waals surface area contributed by atoms with E-state index in [0.717, 1.165) is 11.6 Å². The number of hydrogen-bond acceptors (Lipinski definition) is 3. The van der Waals surface area contributed by atoms with Gasteiger partial charge in [-0.1, -0.05) is 23.7 Å². The van der Waals surface area contributed by atoms with Crippen LogP contribution in [0, 0.1) is 5.82 Å². The molecular formula is C15H14ClFN2O2. The first-order valence-corrected chi connectivity index (χ1v) is 6.61. The lowest BCUT2D eigenvalue weighted by molar-refractivity contribution is 0.0698. The van der Waals surface area contributed by atoms with Gasteiger partial charge in [0.15, 0.2) is 0 Å². The highest BCUT2D eigenvalue weighted by atomic mass is 35.5. The summed E-state index contributed by atoms with van der Waals surface area (Å²) in [4.78, 5) is 11.3. The van der Waals surface area contributed by atoms with E-state index in [1.807, 2.05) is 19.1 Å². The number of carboxylic acids is 1. The molecule has 4 nitrogen and oxygen atoms in total. The third-order valence-corrected chi connectivity index (χ3v) is 3.40. The topological polar surface area (TPSA) is 75.3 Å². The van der Waals surface area contributed by atoms with E-state index in [2.05, 4.69) is 5.32 Å². The van der Waals surface area contributed by atoms with Gasteiger partial charge in [-0.2, -0.15) is 0 Å². The Morgan fingerprint density at radius 3 is 2.48 bits per heavy atom. The molecule has 6 heteroatoms. The average molecular weight is 309 g/mol. The SMILES string of the molecule is CC(Nc1ccc(F)c(N)c1C(=O)O)c1ccc(Cl)cc1. The van der Waals surface area contributed by atoms with E-state index in [1.165, 1.54) is 6.07 Å². The number of hydrogen-bond donors (Lipinski definition) is 3. The second kappa shape index (κ2) is 6.01. The van der Waals surface area contributed by atoms with Crippen molar-refractivity contribution < 1.29 is 14.3 Å². The second-order valence-electron chi connectivity index (χ2n) is 4.61. The Morgan fingerprint density at radius 1 is 1.29 bits per heavy atom. The molecule has 0 saturated carbocycles. The number of carboxylic acid groups (broad SMARTS) is 1. The first-order chi connectivity index (χ1) is 9.90. The Labute approximate surface area is 126 Å². The van der Waals surface area contributed by atoms with Gasteiger partial charge in [0.1, 0.15) is 11.4 Å². The molecule has 0 amide bonds. The van der Waals surface area contributed by atoms with Crippen LogP contribution in [0.15, 0.2) is 36.4 Å². The molecular weight excluding hydrogens is 295 g/mol. The summed E-state index contributed by atoms with van der Waals surface area (Å²) in [7, 11) is 0. The highest BCUT2D eigenvalue weighted by Crippen LogP contribution is 2.28. The first kappa shape index (κ1) is 15.1. The summed E-state index contributed by atoms with van der Waals surface area (Å²) in [6.07, 6.45) is 0. The van der Waals surface area contributed by atoms with Gasteiger partial charge in [0.25, 0.3) is 0 Å². The quantitative estimate of drug-likeness (QED) is 0.748. The molecule has 0 aliphatic heterocycles. The molecule has 0 aromatic heterocycles. The minimum Gasteiger partial charge on any atom is -0.478 e. The van der Waals surface area contributed by atoms with Crippen molar-refractivity contribution in [3.8, 4) is 0 Å². The van der Waals surface area contributed by atoms with E-state index in [-0.39, 0.29) is 23.0 Å². The summed E-state index contributed by atoms with van der Waals surface area (Å²) in [5.74, 6) is -2.03. The van der Waals surface area contributed by atoms with Gasteiger partial charge in [-0.25, -0.2) is 9.18 Å². The Morgan fingerprint density at radius 2 is 1.90 bits per heavy atom. The van der Waals surface area contributed by atoms with Crippen LogP contribution in [0.1, 0.15) is 28.9 Å². The lowest BCUT2D eigenvalue weighted by atomic mass is 10.1. The summed E-state index contributed by atoms with van der Waals surface area (Å²) >= 11 is 5.83. The smallest absolute Gasteiger partial charge is 0.340 e. The zero-order chi connectivity index (χ0) is 15.6. The molecule has 2 aromatic rings. The van der Waals surface area contributed by atoms with Gasteiger partial charge in [-0.3, -0.25) is 0 Å². The highest BCUT2D eigenvalue weighted by molar-refractivity contribution is 6.30. The molecule has 0 aliphatic carbocycles. The van der Waals surface area contributed by atoms with Crippen LogP contribution in [0.2, 0.25) is 5.02 Å². The van der Waals surface area contributed by atoms with Crippen molar-refractivity contribution in [3.63, 3.8) is 0 Å². The number of aromatic carboxylic acids is 1. The van der Waals surface area contributed by atoms with Crippen LogP contribution in [0.25, 0.3) is 0 Å². The predicted molar refractivity (Wildman–Crippen MR) is 81.3 cm³/mol. The molecule has 1 atom stereocenters. The van der Waals surface area contributed by atoms with Crippen LogP contribution in [-0.2, 0) is 0 Å². The van der Waals surface area contributed by atoms with Crippen LogP contribution >= 0.6 is 11.6 Å².